The monoisotopic (exact) mass is 228 g/mol. The predicted octanol–water partition coefficient (Wildman–Crippen LogP) is 0.895. The summed E-state index contributed by atoms with van der Waals surface area (Å²) in [5.41, 5.74) is 6.06. The van der Waals surface area contributed by atoms with Crippen molar-refractivity contribution in [3.63, 3.8) is 0 Å². The third-order valence-corrected chi connectivity index (χ3v) is 2.91. The summed E-state index contributed by atoms with van der Waals surface area (Å²) in [6, 6.07) is 0. The number of halogens is 1. The van der Waals surface area contributed by atoms with Crippen molar-refractivity contribution in [3.8, 4) is 0 Å². The smallest absolute Gasteiger partial charge is 0.157 e. The molecular formula is C9H13ClN4O. The Hall–Kier alpha value is -1.07. The minimum atomic E-state index is -0.136. The van der Waals surface area contributed by atoms with Gasteiger partial charge in [0.2, 0.25) is 0 Å². The van der Waals surface area contributed by atoms with E-state index in [0.29, 0.717) is 17.4 Å². The fourth-order valence-corrected chi connectivity index (χ4v) is 1.76. The molecular weight excluding hydrogens is 216 g/mol. The van der Waals surface area contributed by atoms with Crippen LogP contribution in [0.15, 0.2) is 6.33 Å². The molecule has 0 atom stereocenters. The SMILES string of the molecule is Nc1c(Cl)ncnc1NCC1CC(O)C1. The summed E-state index contributed by atoms with van der Waals surface area (Å²) in [5, 5.41) is 12.5. The van der Waals surface area contributed by atoms with Crippen molar-refractivity contribution in [2.24, 2.45) is 5.92 Å². The molecule has 15 heavy (non-hydrogen) atoms. The standard InChI is InChI=1S/C9H13ClN4O/c10-8-7(11)9(14-4-13-8)12-3-5-1-6(15)2-5/h4-6,15H,1-3,11H2,(H,12,13,14). The zero-order valence-corrected chi connectivity index (χ0v) is 8.91. The van der Waals surface area contributed by atoms with E-state index < -0.39 is 0 Å². The van der Waals surface area contributed by atoms with Gasteiger partial charge in [-0.3, -0.25) is 0 Å². The zero-order valence-electron chi connectivity index (χ0n) is 8.15. The number of nitrogens with zero attached hydrogens (tertiary/aromatic N) is 2. The molecule has 0 aromatic carbocycles. The van der Waals surface area contributed by atoms with Crippen LogP contribution in [0.25, 0.3) is 0 Å². The van der Waals surface area contributed by atoms with Gasteiger partial charge in [0.05, 0.1) is 6.10 Å². The molecule has 0 unspecified atom stereocenters. The van der Waals surface area contributed by atoms with Crippen LogP contribution in [0.1, 0.15) is 12.8 Å². The second-order valence-electron chi connectivity index (χ2n) is 3.80. The average molecular weight is 229 g/mol. The molecule has 6 heteroatoms. The van der Waals surface area contributed by atoms with E-state index in [-0.39, 0.29) is 11.3 Å². The molecule has 0 aliphatic heterocycles. The van der Waals surface area contributed by atoms with Crippen LogP contribution in [0.4, 0.5) is 11.5 Å². The van der Waals surface area contributed by atoms with E-state index in [9.17, 15) is 0 Å². The number of nitrogen functional groups attached to an aromatic ring is 1. The minimum Gasteiger partial charge on any atom is -0.393 e. The maximum absolute atomic E-state index is 9.12. The number of nitrogens with two attached hydrogens (primary N) is 1. The largest absolute Gasteiger partial charge is 0.393 e. The summed E-state index contributed by atoms with van der Waals surface area (Å²) in [6.07, 6.45) is 2.91. The Morgan fingerprint density at radius 2 is 2.27 bits per heavy atom. The van der Waals surface area contributed by atoms with Gasteiger partial charge in [-0.15, -0.1) is 0 Å². The third kappa shape index (κ3) is 2.30. The van der Waals surface area contributed by atoms with Crippen LogP contribution in [0, 0.1) is 5.92 Å². The normalized spacial score (nSPS) is 24.7. The first kappa shape index (κ1) is 10.4. The van der Waals surface area contributed by atoms with Crippen molar-refractivity contribution >= 4 is 23.1 Å². The summed E-state index contributed by atoms with van der Waals surface area (Å²) in [4.78, 5) is 7.76. The third-order valence-electron chi connectivity index (χ3n) is 2.60. The summed E-state index contributed by atoms with van der Waals surface area (Å²) in [6.45, 7) is 0.759. The van der Waals surface area contributed by atoms with Crippen molar-refractivity contribution in [1.29, 1.82) is 0 Å². The molecule has 0 radical (unpaired) electrons. The second-order valence-corrected chi connectivity index (χ2v) is 4.16. The molecule has 0 amide bonds. The van der Waals surface area contributed by atoms with Crippen LogP contribution < -0.4 is 11.1 Å². The Morgan fingerprint density at radius 3 is 2.93 bits per heavy atom. The highest BCUT2D eigenvalue weighted by Gasteiger charge is 2.26. The van der Waals surface area contributed by atoms with E-state index in [0.717, 1.165) is 19.4 Å². The maximum atomic E-state index is 9.12. The molecule has 1 heterocycles. The van der Waals surface area contributed by atoms with Crippen LogP contribution >= 0.6 is 11.6 Å². The van der Waals surface area contributed by atoms with Crippen molar-refractivity contribution in [2.75, 3.05) is 17.6 Å². The van der Waals surface area contributed by atoms with Gasteiger partial charge in [0.15, 0.2) is 11.0 Å². The molecule has 1 saturated carbocycles. The summed E-state index contributed by atoms with van der Waals surface area (Å²) in [5.74, 6) is 1.06. The Morgan fingerprint density at radius 1 is 1.53 bits per heavy atom. The Balaban J connectivity index is 1.91. The Kier molecular flexibility index (Phi) is 2.93. The van der Waals surface area contributed by atoms with Crippen LogP contribution in [0.2, 0.25) is 5.15 Å². The van der Waals surface area contributed by atoms with Crippen LogP contribution in [0.3, 0.4) is 0 Å². The van der Waals surface area contributed by atoms with Crippen molar-refractivity contribution in [1.82, 2.24) is 9.97 Å². The molecule has 0 spiro atoms. The molecule has 1 aliphatic rings. The van der Waals surface area contributed by atoms with E-state index >= 15 is 0 Å². The Bertz CT molecular complexity index is 354. The number of rotatable bonds is 3. The highest BCUT2D eigenvalue weighted by atomic mass is 35.5. The fraction of sp³-hybridized carbons (Fsp3) is 0.556. The van der Waals surface area contributed by atoms with Crippen LogP contribution in [0.5, 0.6) is 0 Å². The number of hydrogen-bond acceptors (Lipinski definition) is 5. The van der Waals surface area contributed by atoms with Crippen molar-refractivity contribution in [3.05, 3.63) is 11.5 Å². The number of hydrogen-bond donors (Lipinski definition) is 3. The maximum Gasteiger partial charge on any atom is 0.157 e. The van der Waals surface area contributed by atoms with Crippen molar-refractivity contribution < 1.29 is 5.11 Å². The lowest BCUT2D eigenvalue weighted by atomic mass is 9.82. The topological polar surface area (TPSA) is 84.1 Å². The Labute approximate surface area is 92.7 Å². The molecule has 0 bridgehead atoms. The average Bonchev–Trinajstić information content (AvgIpc) is 2.17. The fourth-order valence-electron chi connectivity index (χ4n) is 1.62. The summed E-state index contributed by atoms with van der Waals surface area (Å²) in [7, 11) is 0. The van der Waals surface area contributed by atoms with E-state index in [1.54, 1.807) is 0 Å². The molecule has 82 valence electrons. The number of anilines is 2. The highest BCUT2D eigenvalue weighted by Crippen LogP contribution is 2.28. The van der Waals surface area contributed by atoms with E-state index in [4.69, 9.17) is 22.4 Å². The van der Waals surface area contributed by atoms with E-state index in [2.05, 4.69) is 15.3 Å². The summed E-state index contributed by atoms with van der Waals surface area (Å²) >= 11 is 5.74. The lowest BCUT2D eigenvalue weighted by Gasteiger charge is -2.31. The van der Waals surface area contributed by atoms with Crippen molar-refractivity contribution in [2.45, 2.75) is 18.9 Å². The van der Waals surface area contributed by atoms with Gasteiger partial charge in [0, 0.05) is 6.54 Å². The molecule has 0 saturated heterocycles. The van der Waals surface area contributed by atoms with Gasteiger partial charge in [-0.25, -0.2) is 9.97 Å². The lowest BCUT2D eigenvalue weighted by Crippen LogP contribution is -2.33. The summed E-state index contributed by atoms with van der Waals surface area (Å²) < 4.78 is 0. The van der Waals surface area contributed by atoms with Gasteiger partial charge >= 0.3 is 0 Å². The highest BCUT2D eigenvalue weighted by molar-refractivity contribution is 6.32. The number of aliphatic hydroxyl groups excluding tert-OH is 1. The van der Waals surface area contributed by atoms with E-state index in [1.165, 1.54) is 6.33 Å². The second kappa shape index (κ2) is 4.20. The number of nitrogens with one attached hydrogen (secondary N) is 1. The van der Waals surface area contributed by atoms with Crippen LogP contribution in [-0.2, 0) is 0 Å². The first-order valence-corrected chi connectivity index (χ1v) is 5.22. The lowest BCUT2D eigenvalue weighted by molar-refractivity contribution is 0.0486. The van der Waals surface area contributed by atoms with Gasteiger partial charge in [-0.05, 0) is 18.8 Å². The molecule has 2 rings (SSSR count). The number of aliphatic hydroxyl groups is 1. The predicted molar refractivity (Wildman–Crippen MR) is 58.7 cm³/mol. The first-order valence-electron chi connectivity index (χ1n) is 4.84. The molecule has 4 N–H and O–H groups in total. The zero-order chi connectivity index (χ0) is 10.8. The van der Waals surface area contributed by atoms with Gasteiger partial charge in [-0.2, -0.15) is 0 Å². The molecule has 5 nitrogen and oxygen atoms in total. The molecule has 1 fully saturated rings. The quantitative estimate of drug-likeness (QED) is 0.670. The van der Waals surface area contributed by atoms with Gasteiger partial charge in [0.25, 0.3) is 0 Å². The molecule has 1 aromatic heterocycles. The number of aromatic nitrogens is 2. The van der Waals surface area contributed by atoms with Gasteiger partial charge in [0.1, 0.15) is 12.0 Å². The first-order chi connectivity index (χ1) is 7.16. The van der Waals surface area contributed by atoms with Gasteiger partial charge in [-0.1, -0.05) is 11.6 Å². The van der Waals surface area contributed by atoms with Crippen LogP contribution in [-0.4, -0.2) is 27.7 Å². The molecule has 1 aromatic rings. The van der Waals surface area contributed by atoms with Gasteiger partial charge < -0.3 is 16.2 Å². The minimum absolute atomic E-state index is 0.136. The molecule has 1 aliphatic carbocycles. The van der Waals surface area contributed by atoms with E-state index in [1.807, 2.05) is 0 Å².